The van der Waals surface area contributed by atoms with Crippen LogP contribution in [0.3, 0.4) is 0 Å². The van der Waals surface area contributed by atoms with Crippen LogP contribution < -0.4 is 10.1 Å². The topological polar surface area (TPSA) is 21.3 Å². The molecule has 17 heavy (non-hydrogen) atoms. The zero-order chi connectivity index (χ0) is 12.6. The van der Waals surface area contributed by atoms with Crippen molar-refractivity contribution in [1.29, 1.82) is 0 Å². The molecule has 1 atom stereocenters. The summed E-state index contributed by atoms with van der Waals surface area (Å²) in [4.78, 5) is 0. The van der Waals surface area contributed by atoms with Crippen molar-refractivity contribution in [1.82, 2.24) is 0 Å². The number of rotatable bonds is 1. The summed E-state index contributed by atoms with van der Waals surface area (Å²) in [6.45, 7) is 10.2. The van der Waals surface area contributed by atoms with E-state index in [1.165, 1.54) is 16.8 Å². The highest BCUT2D eigenvalue weighted by Gasteiger charge is 2.29. The molecule has 0 amide bonds. The van der Waals surface area contributed by atoms with Gasteiger partial charge in [-0.05, 0) is 47.9 Å². The van der Waals surface area contributed by atoms with E-state index in [0.29, 0.717) is 11.3 Å². The summed E-state index contributed by atoms with van der Waals surface area (Å²) in [5, 5.41) is 3.58. The Morgan fingerprint density at radius 2 is 2.00 bits per heavy atom. The zero-order valence-electron chi connectivity index (χ0n) is 11.6. The number of anilines is 1. The number of aryl methyl sites for hydroxylation is 1. The molecule has 1 heterocycles. The van der Waals surface area contributed by atoms with Crippen molar-refractivity contribution in [2.24, 2.45) is 11.3 Å². The number of nitrogens with one attached hydrogen (secondary N) is 1. The van der Waals surface area contributed by atoms with E-state index in [4.69, 9.17) is 4.74 Å². The summed E-state index contributed by atoms with van der Waals surface area (Å²) in [7, 11) is 1.73. The Morgan fingerprint density at radius 3 is 2.59 bits per heavy atom. The molecule has 2 rings (SSSR count). The Hall–Kier alpha value is -1.18. The van der Waals surface area contributed by atoms with Crippen LogP contribution in [-0.2, 0) is 6.42 Å². The van der Waals surface area contributed by atoms with E-state index in [1.54, 1.807) is 7.11 Å². The number of benzene rings is 1. The Morgan fingerprint density at radius 1 is 1.29 bits per heavy atom. The standard InChI is InChI=1S/C15H23NO/c1-10-6-13(17-5)8-11-7-12(15(2,3)4)9-16-14(10)11/h6,8,12,16H,7,9H2,1-5H3. The van der Waals surface area contributed by atoms with E-state index < -0.39 is 0 Å². The molecule has 0 saturated heterocycles. The molecule has 0 spiro atoms. The van der Waals surface area contributed by atoms with Crippen LogP contribution in [-0.4, -0.2) is 13.7 Å². The first-order chi connectivity index (χ1) is 7.91. The van der Waals surface area contributed by atoms with E-state index in [-0.39, 0.29) is 0 Å². The van der Waals surface area contributed by atoms with Crippen LogP contribution in [0.2, 0.25) is 0 Å². The van der Waals surface area contributed by atoms with Gasteiger partial charge in [-0.1, -0.05) is 20.8 Å². The second-order valence-electron chi connectivity index (χ2n) is 6.13. The fraction of sp³-hybridized carbons (Fsp3) is 0.600. The lowest BCUT2D eigenvalue weighted by molar-refractivity contribution is 0.247. The number of fused-ring (bicyclic) bond motifs is 1. The Kier molecular flexibility index (Phi) is 3.07. The third-order valence-electron chi connectivity index (χ3n) is 3.84. The van der Waals surface area contributed by atoms with Crippen molar-refractivity contribution in [3.8, 4) is 5.75 Å². The summed E-state index contributed by atoms with van der Waals surface area (Å²) in [6, 6.07) is 4.27. The van der Waals surface area contributed by atoms with Crippen molar-refractivity contribution in [3.63, 3.8) is 0 Å². The van der Waals surface area contributed by atoms with Gasteiger partial charge >= 0.3 is 0 Å². The quantitative estimate of drug-likeness (QED) is 0.799. The largest absolute Gasteiger partial charge is 0.497 e. The maximum absolute atomic E-state index is 5.35. The molecule has 2 nitrogen and oxygen atoms in total. The summed E-state index contributed by atoms with van der Waals surface area (Å²) >= 11 is 0. The van der Waals surface area contributed by atoms with Gasteiger partial charge in [-0.3, -0.25) is 0 Å². The van der Waals surface area contributed by atoms with Gasteiger partial charge < -0.3 is 10.1 Å². The highest BCUT2D eigenvalue weighted by Crippen LogP contribution is 2.38. The molecule has 1 unspecified atom stereocenters. The third-order valence-corrected chi connectivity index (χ3v) is 3.84. The molecule has 94 valence electrons. The van der Waals surface area contributed by atoms with Gasteiger partial charge in [0.15, 0.2) is 0 Å². The van der Waals surface area contributed by atoms with E-state index >= 15 is 0 Å². The average molecular weight is 233 g/mol. The molecule has 0 aromatic heterocycles. The normalized spacial score (nSPS) is 19.5. The minimum atomic E-state index is 0.349. The highest BCUT2D eigenvalue weighted by molar-refractivity contribution is 5.61. The molecule has 1 N–H and O–H groups in total. The smallest absolute Gasteiger partial charge is 0.119 e. The fourth-order valence-corrected chi connectivity index (χ4v) is 2.53. The molecule has 1 aliphatic rings. The molecular formula is C15H23NO. The minimum Gasteiger partial charge on any atom is -0.497 e. The first kappa shape index (κ1) is 12.3. The Labute approximate surface area is 104 Å². The first-order valence-electron chi connectivity index (χ1n) is 6.33. The Balaban J connectivity index is 2.34. The summed E-state index contributed by atoms with van der Waals surface area (Å²) in [5.41, 5.74) is 4.34. The van der Waals surface area contributed by atoms with Crippen LogP contribution in [0.4, 0.5) is 5.69 Å². The third kappa shape index (κ3) is 2.41. The van der Waals surface area contributed by atoms with Gasteiger partial charge in [0.05, 0.1) is 7.11 Å². The molecule has 0 aliphatic carbocycles. The fourth-order valence-electron chi connectivity index (χ4n) is 2.53. The van der Waals surface area contributed by atoms with Gasteiger partial charge in [-0.15, -0.1) is 0 Å². The monoisotopic (exact) mass is 233 g/mol. The molecule has 0 fully saturated rings. The van der Waals surface area contributed by atoms with Crippen molar-refractivity contribution in [2.45, 2.75) is 34.1 Å². The molecule has 0 radical (unpaired) electrons. The van der Waals surface area contributed by atoms with Crippen LogP contribution in [0.5, 0.6) is 5.75 Å². The molecule has 1 aromatic rings. The number of hydrogen-bond acceptors (Lipinski definition) is 2. The summed E-state index contributed by atoms with van der Waals surface area (Å²) < 4.78 is 5.35. The summed E-state index contributed by atoms with van der Waals surface area (Å²) in [5.74, 6) is 1.65. The predicted octanol–water partition coefficient (Wildman–Crippen LogP) is 3.63. The Bertz CT molecular complexity index is 418. The molecular weight excluding hydrogens is 210 g/mol. The van der Waals surface area contributed by atoms with Crippen LogP contribution in [0.25, 0.3) is 0 Å². The van der Waals surface area contributed by atoms with Gasteiger partial charge in [0.25, 0.3) is 0 Å². The second-order valence-corrected chi connectivity index (χ2v) is 6.13. The van der Waals surface area contributed by atoms with Gasteiger partial charge in [0.1, 0.15) is 5.75 Å². The molecule has 1 aromatic carbocycles. The van der Waals surface area contributed by atoms with Crippen molar-refractivity contribution in [2.75, 3.05) is 19.0 Å². The second kappa shape index (κ2) is 4.25. The van der Waals surface area contributed by atoms with Crippen LogP contribution in [0.1, 0.15) is 31.9 Å². The maximum atomic E-state index is 5.35. The van der Waals surface area contributed by atoms with Gasteiger partial charge in [-0.2, -0.15) is 0 Å². The summed E-state index contributed by atoms with van der Waals surface area (Å²) in [6.07, 6.45) is 1.14. The van der Waals surface area contributed by atoms with Crippen LogP contribution >= 0.6 is 0 Å². The molecule has 0 saturated carbocycles. The molecule has 1 aliphatic heterocycles. The van der Waals surface area contributed by atoms with Crippen molar-refractivity contribution in [3.05, 3.63) is 23.3 Å². The van der Waals surface area contributed by atoms with Gasteiger partial charge in [-0.25, -0.2) is 0 Å². The average Bonchev–Trinajstić information content (AvgIpc) is 2.27. The van der Waals surface area contributed by atoms with E-state index in [9.17, 15) is 0 Å². The van der Waals surface area contributed by atoms with Gasteiger partial charge in [0.2, 0.25) is 0 Å². The molecule has 0 bridgehead atoms. The van der Waals surface area contributed by atoms with Crippen molar-refractivity contribution >= 4 is 5.69 Å². The lowest BCUT2D eigenvalue weighted by Gasteiger charge is -2.36. The van der Waals surface area contributed by atoms with Crippen LogP contribution in [0, 0.1) is 18.3 Å². The highest BCUT2D eigenvalue weighted by atomic mass is 16.5. The first-order valence-corrected chi connectivity index (χ1v) is 6.33. The van der Waals surface area contributed by atoms with E-state index in [1.807, 2.05) is 0 Å². The van der Waals surface area contributed by atoms with Gasteiger partial charge in [0, 0.05) is 12.2 Å². The maximum Gasteiger partial charge on any atom is 0.119 e. The van der Waals surface area contributed by atoms with E-state index in [2.05, 4.69) is 45.1 Å². The van der Waals surface area contributed by atoms with E-state index in [0.717, 1.165) is 18.7 Å². The van der Waals surface area contributed by atoms with Crippen LogP contribution in [0.15, 0.2) is 12.1 Å². The number of hydrogen-bond donors (Lipinski definition) is 1. The SMILES string of the molecule is COc1cc(C)c2c(c1)CC(C(C)(C)C)CN2. The number of ether oxygens (including phenoxy) is 1. The minimum absolute atomic E-state index is 0.349. The molecule has 2 heteroatoms. The zero-order valence-corrected chi connectivity index (χ0v) is 11.6. The number of methoxy groups -OCH3 is 1. The lowest BCUT2D eigenvalue weighted by atomic mass is 9.75. The van der Waals surface area contributed by atoms with Crippen molar-refractivity contribution < 1.29 is 4.74 Å². The predicted molar refractivity (Wildman–Crippen MR) is 72.9 cm³/mol. The lowest BCUT2D eigenvalue weighted by Crippen LogP contribution is -2.33.